The molecule has 13 heavy (non-hydrogen) atoms. The highest BCUT2D eigenvalue weighted by atomic mass is 28.2. The molecule has 1 aromatic carbocycles. The molecule has 0 fully saturated rings. The molecule has 0 saturated heterocycles. The van der Waals surface area contributed by atoms with Gasteiger partial charge in [-0.15, -0.1) is 0 Å². The highest BCUT2D eigenvalue weighted by Crippen LogP contribution is 2.19. The van der Waals surface area contributed by atoms with Crippen LogP contribution in [0, 0.1) is 12.7 Å². The molecule has 0 amide bonds. The van der Waals surface area contributed by atoms with Gasteiger partial charge in [-0.3, -0.25) is 0 Å². The van der Waals surface area contributed by atoms with Crippen LogP contribution in [0.2, 0.25) is 0 Å². The predicted molar refractivity (Wildman–Crippen MR) is 57.3 cm³/mol. The Morgan fingerprint density at radius 1 is 1.46 bits per heavy atom. The fourth-order valence-corrected chi connectivity index (χ4v) is 1.52. The number of rotatable bonds is 2. The van der Waals surface area contributed by atoms with E-state index in [0.29, 0.717) is 6.04 Å². The van der Waals surface area contributed by atoms with Crippen LogP contribution in [0.1, 0.15) is 24.1 Å². The van der Waals surface area contributed by atoms with Gasteiger partial charge in [0.05, 0.1) is 10.4 Å². The Kier molecular flexibility index (Phi) is 3.22. The van der Waals surface area contributed by atoms with Crippen molar-refractivity contribution in [3.05, 3.63) is 35.1 Å². The van der Waals surface area contributed by atoms with Crippen LogP contribution in [0.5, 0.6) is 0 Å². The minimum Gasteiger partial charge on any atom is -0.329 e. The molecule has 0 saturated carbocycles. The van der Waals surface area contributed by atoms with Crippen LogP contribution in [-0.2, 0) is 0 Å². The SMILES string of the molecule is Cc1cc(C(C)N(C)[SiH3])ccc1F. The monoisotopic (exact) mass is 197 g/mol. The lowest BCUT2D eigenvalue weighted by Gasteiger charge is -2.20. The summed E-state index contributed by atoms with van der Waals surface area (Å²) in [6.45, 7) is 3.94. The number of aryl methyl sites for hydroxylation is 1. The van der Waals surface area contributed by atoms with Crippen molar-refractivity contribution in [3.63, 3.8) is 0 Å². The molecule has 1 aromatic rings. The van der Waals surface area contributed by atoms with Gasteiger partial charge in [0.25, 0.3) is 0 Å². The van der Waals surface area contributed by atoms with Gasteiger partial charge in [0, 0.05) is 6.04 Å². The van der Waals surface area contributed by atoms with Gasteiger partial charge in [-0.25, -0.2) is 4.39 Å². The number of nitrogens with zero attached hydrogens (tertiary/aromatic N) is 1. The van der Waals surface area contributed by atoms with Gasteiger partial charge in [-0.1, -0.05) is 12.1 Å². The standard InChI is InChI=1S/C10H16FNSi/c1-7-6-9(4-5-10(7)11)8(2)12(3)13/h4-6,8H,1-3,13H3. The molecule has 1 nitrogen and oxygen atoms in total. The van der Waals surface area contributed by atoms with Crippen molar-refractivity contribution in [3.8, 4) is 0 Å². The lowest BCUT2D eigenvalue weighted by molar-refractivity contribution is 0.435. The van der Waals surface area contributed by atoms with E-state index in [2.05, 4.69) is 18.5 Å². The Balaban J connectivity index is 2.97. The fourth-order valence-electron chi connectivity index (χ4n) is 1.23. The van der Waals surface area contributed by atoms with Gasteiger partial charge in [0.15, 0.2) is 0 Å². The summed E-state index contributed by atoms with van der Waals surface area (Å²) in [5.41, 5.74) is 1.92. The fraction of sp³-hybridized carbons (Fsp3) is 0.400. The van der Waals surface area contributed by atoms with Crippen molar-refractivity contribution in [2.24, 2.45) is 0 Å². The Morgan fingerprint density at radius 2 is 2.08 bits per heavy atom. The van der Waals surface area contributed by atoms with Crippen molar-refractivity contribution in [2.75, 3.05) is 7.05 Å². The van der Waals surface area contributed by atoms with Crippen molar-refractivity contribution in [1.82, 2.24) is 4.57 Å². The second-order valence-corrected chi connectivity index (χ2v) is 5.06. The molecule has 1 atom stereocenters. The molecular weight excluding hydrogens is 181 g/mol. The van der Waals surface area contributed by atoms with Crippen LogP contribution < -0.4 is 0 Å². The summed E-state index contributed by atoms with van der Waals surface area (Å²) in [4.78, 5) is 0. The molecule has 0 aromatic heterocycles. The highest BCUT2D eigenvalue weighted by Gasteiger charge is 2.08. The van der Waals surface area contributed by atoms with Crippen molar-refractivity contribution in [1.29, 1.82) is 0 Å². The molecule has 0 aliphatic heterocycles. The van der Waals surface area contributed by atoms with Crippen LogP contribution in [0.3, 0.4) is 0 Å². The summed E-state index contributed by atoms with van der Waals surface area (Å²) in [7, 11) is 3.10. The smallest absolute Gasteiger partial charge is 0.126 e. The Labute approximate surface area is 82.1 Å². The van der Waals surface area contributed by atoms with E-state index in [0.717, 1.165) is 16.0 Å². The first kappa shape index (κ1) is 10.4. The molecule has 1 unspecified atom stereocenters. The quantitative estimate of drug-likeness (QED) is 0.648. The van der Waals surface area contributed by atoms with E-state index < -0.39 is 0 Å². The maximum atomic E-state index is 13.0. The Bertz CT molecular complexity index is 299. The summed E-state index contributed by atoms with van der Waals surface area (Å²) >= 11 is 0. The van der Waals surface area contributed by atoms with Crippen molar-refractivity contribution >= 4 is 10.4 Å². The zero-order valence-electron chi connectivity index (χ0n) is 8.63. The molecule has 0 heterocycles. The van der Waals surface area contributed by atoms with E-state index in [1.54, 1.807) is 13.0 Å². The molecule has 0 spiro atoms. The maximum Gasteiger partial charge on any atom is 0.126 e. The number of halogens is 1. The van der Waals surface area contributed by atoms with Gasteiger partial charge in [0.1, 0.15) is 5.82 Å². The van der Waals surface area contributed by atoms with E-state index >= 15 is 0 Å². The zero-order chi connectivity index (χ0) is 10.0. The van der Waals surface area contributed by atoms with E-state index in [9.17, 15) is 4.39 Å². The van der Waals surface area contributed by atoms with Crippen molar-refractivity contribution < 1.29 is 4.39 Å². The van der Waals surface area contributed by atoms with Gasteiger partial charge in [-0.2, -0.15) is 0 Å². The maximum absolute atomic E-state index is 13.0. The van der Waals surface area contributed by atoms with E-state index in [4.69, 9.17) is 0 Å². The minimum absolute atomic E-state index is 0.119. The van der Waals surface area contributed by atoms with Crippen LogP contribution in [0.4, 0.5) is 4.39 Å². The minimum atomic E-state index is -0.119. The van der Waals surface area contributed by atoms with Crippen LogP contribution in [-0.4, -0.2) is 22.0 Å². The number of hydrogen-bond donors (Lipinski definition) is 0. The summed E-state index contributed by atoms with van der Waals surface area (Å²) in [5.74, 6) is -0.119. The topological polar surface area (TPSA) is 3.24 Å². The predicted octanol–water partition coefficient (Wildman–Crippen LogP) is 1.41. The molecule has 3 heteroatoms. The van der Waals surface area contributed by atoms with Gasteiger partial charge in [-0.05, 0) is 38.1 Å². The largest absolute Gasteiger partial charge is 0.329 e. The average Bonchev–Trinajstić information content (AvgIpc) is 2.08. The summed E-state index contributed by atoms with van der Waals surface area (Å²) < 4.78 is 15.2. The lowest BCUT2D eigenvalue weighted by Crippen LogP contribution is -2.18. The molecule has 0 aliphatic rings. The lowest BCUT2D eigenvalue weighted by atomic mass is 10.1. The second-order valence-electron chi connectivity index (χ2n) is 3.65. The highest BCUT2D eigenvalue weighted by molar-refractivity contribution is 6.04. The molecule has 72 valence electrons. The van der Waals surface area contributed by atoms with Gasteiger partial charge >= 0.3 is 0 Å². The average molecular weight is 197 g/mol. The number of benzene rings is 1. The van der Waals surface area contributed by atoms with Crippen molar-refractivity contribution in [2.45, 2.75) is 19.9 Å². The summed E-state index contributed by atoms with van der Waals surface area (Å²) in [5, 5.41) is 0. The van der Waals surface area contributed by atoms with E-state index in [-0.39, 0.29) is 5.82 Å². The first-order valence-corrected chi connectivity index (χ1v) is 5.34. The zero-order valence-corrected chi connectivity index (χ0v) is 10.6. The second kappa shape index (κ2) is 4.02. The van der Waals surface area contributed by atoms with Gasteiger partial charge in [0.2, 0.25) is 0 Å². The van der Waals surface area contributed by atoms with Gasteiger partial charge < -0.3 is 4.57 Å². The molecule has 1 rings (SSSR count). The molecule has 0 N–H and O–H groups in total. The Hall–Kier alpha value is -0.673. The number of hydrogen-bond acceptors (Lipinski definition) is 1. The van der Waals surface area contributed by atoms with Crippen LogP contribution in [0.25, 0.3) is 0 Å². The third-order valence-corrected chi connectivity index (χ3v) is 3.21. The molecular formula is C10H16FNSi. The summed E-state index contributed by atoms with van der Waals surface area (Å²) in [6, 6.07) is 5.73. The Morgan fingerprint density at radius 3 is 2.54 bits per heavy atom. The van der Waals surface area contributed by atoms with E-state index in [1.807, 2.05) is 12.1 Å². The third-order valence-electron chi connectivity index (χ3n) is 2.44. The first-order valence-electron chi connectivity index (χ1n) is 4.45. The summed E-state index contributed by atoms with van der Waals surface area (Å²) in [6.07, 6.45) is 0. The normalized spacial score (nSPS) is 13.6. The molecule has 0 radical (unpaired) electrons. The first-order chi connectivity index (χ1) is 6.02. The molecule has 0 aliphatic carbocycles. The van der Waals surface area contributed by atoms with Crippen LogP contribution in [0.15, 0.2) is 18.2 Å². The van der Waals surface area contributed by atoms with E-state index in [1.165, 1.54) is 5.56 Å². The molecule has 0 bridgehead atoms. The van der Waals surface area contributed by atoms with Crippen LogP contribution >= 0.6 is 0 Å². The third kappa shape index (κ3) is 2.38.